The molecule has 2 amide bonds. The van der Waals surface area contributed by atoms with Crippen LogP contribution in [0.25, 0.3) is 16.7 Å². The van der Waals surface area contributed by atoms with Crippen molar-refractivity contribution in [2.75, 3.05) is 4.90 Å². The molecule has 3 heterocycles. The van der Waals surface area contributed by atoms with Crippen LogP contribution >= 0.6 is 0 Å². The monoisotopic (exact) mass is 456 g/mol. The predicted octanol–water partition coefficient (Wildman–Crippen LogP) is 4.57. The van der Waals surface area contributed by atoms with E-state index < -0.39 is 29.7 Å². The number of fused-ring (bicyclic) bond motifs is 3. The Kier molecular flexibility index (Phi) is 4.45. The van der Waals surface area contributed by atoms with Gasteiger partial charge in [0.1, 0.15) is 11.6 Å². The summed E-state index contributed by atoms with van der Waals surface area (Å²) in [5, 5.41) is 4.69. The lowest BCUT2D eigenvalue weighted by Crippen LogP contribution is -2.29. The van der Waals surface area contributed by atoms with Crippen LogP contribution < -0.4 is 9.64 Å². The third kappa shape index (κ3) is 3.37. The molecule has 0 saturated carbocycles. The van der Waals surface area contributed by atoms with Gasteiger partial charge in [-0.2, -0.15) is 5.10 Å². The van der Waals surface area contributed by atoms with Crippen LogP contribution in [-0.2, 0) is 0 Å². The average Bonchev–Trinajstić information content (AvgIpc) is 3.22. The van der Waals surface area contributed by atoms with Gasteiger partial charge in [-0.1, -0.05) is 6.07 Å². The van der Waals surface area contributed by atoms with Crippen LogP contribution in [0.2, 0.25) is 0 Å². The van der Waals surface area contributed by atoms with Crippen LogP contribution in [0.3, 0.4) is 0 Å². The van der Waals surface area contributed by atoms with Gasteiger partial charge in [-0.05, 0) is 49.4 Å². The number of aromatic nitrogens is 3. The van der Waals surface area contributed by atoms with Crippen molar-refractivity contribution in [2.45, 2.75) is 13.3 Å². The first kappa shape index (κ1) is 20.6. The first-order valence-electron chi connectivity index (χ1n) is 9.53. The molecule has 0 atom stereocenters. The molecule has 0 fully saturated rings. The third-order valence-electron chi connectivity index (χ3n) is 5.10. The highest BCUT2D eigenvalue weighted by molar-refractivity contribution is 6.37. The van der Waals surface area contributed by atoms with Crippen LogP contribution in [-0.4, -0.2) is 32.9 Å². The summed E-state index contributed by atoms with van der Waals surface area (Å²) in [7, 11) is 0. The quantitative estimate of drug-likeness (QED) is 0.334. The normalized spacial score (nSPS) is 13.7. The summed E-state index contributed by atoms with van der Waals surface area (Å²) in [5.41, 5.74) is 1.21. The number of anilines is 1. The molecule has 0 bridgehead atoms. The number of carbonyl (C=O) groups excluding carboxylic acids is 2. The van der Waals surface area contributed by atoms with Gasteiger partial charge in [-0.25, -0.2) is 19.0 Å². The highest BCUT2D eigenvalue weighted by Crippen LogP contribution is 2.35. The number of hydrogen-bond acceptors (Lipinski definition) is 5. The van der Waals surface area contributed by atoms with Crippen LogP contribution in [0.15, 0.2) is 54.7 Å². The molecule has 1 aliphatic rings. The molecule has 4 aromatic rings. The molecule has 0 saturated heterocycles. The molecule has 0 spiro atoms. The van der Waals surface area contributed by atoms with E-state index in [0.29, 0.717) is 16.8 Å². The molecular formula is C22H12F4N4O3. The van der Waals surface area contributed by atoms with Crippen LogP contribution in [0.4, 0.5) is 23.2 Å². The van der Waals surface area contributed by atoms with Crippen molar-refractivity contribution in [2.24, 2.45) is 0 Å². The summed E-state index contributed by atoms with van der Waals surface area (Å²) in [6.07, 6.45) is -3.64. The Morgan fingerprint density at radius 3 is 2.36 bits per heavy atom. The number of pyridine rings is 1. The van der Waals surface area contributed by atoms with E-state index in [1.807, 2.05) is 0 Å². The molecule has 0 unspecified atom stereocenters. The largest absolute Gasteiger partial charge is 0.573 e. The van der Waals surface area contributed by atoms with Crippen LogP contribution in [0.5, 0.6) is 5.75 Å². The van der Waals surface area contributed by atoms with E-state index in [1.54, 1.807) is 13.0 Å². The fraction of sp³-hybridized carbons (Fsp3) is 0.0909. The summed E-state index contributed by atoms with van der Waals surface area (Å²) in [5.74, 6) is -2.31. The number of ether oxygens (including phenoxy) is 1. The van der Waals surface area contributed by atoms with Crippen molar-refractivity contribution in [1.82, 2.24) is 14.8 Å². The summed E-state index contributed by atoms with van der Waals surface area (Å²) < 4.78 is 56.1. The Balaban J connectivity index is 1.58. The molecule has 5 rings (SSSR count). The molecule has 7 nitrogen and oxygen atoms in total. The summed E-state index contributed by atoms with van der Waals surface area (Å²) in [6, 6.07) is 10.0. The molecular weight excluding hydrogens is 444 g/mol. The molecule has 2 aromatic carbocycles. The first-order valence-corrected chi connectivity index (χ1v) is 9.53. The van der Waals surface area contributed by atoms with E-state index in [9.17, 15) is 27.2 Å². The minimum absolute atomic E-state index is 0.0324. The highest BCUT2D eigenvalue weighted by atomic mass is 19.4. The van der Waals surface area contributed by atoms with E-state index in [2.05, 4.69) is 14.8 Å². The fourth-order valence-corrected chi connectivity index (χ4v) is 3.78. The zero-order valence-electron chi connectivity index (χ0n) is 16.7. The minimum Gasteiger partial charge on any atom is -0.406 e. The molecule has 0 N–H and O–H groups in total. The second kappa shape index (κ2) is 7.12. The van der Waals surface area contributed by atoms with Crippen molar-refractivity contribution in [3.8, 4) is 11.4 Å². The molecule has 166 valence electrons. The number of nitrogens with zero attached hydrogens (tertiary/aromatic N) is 4. The number of imide groups is 1. The van der Waals surface area contributed by atoms with Crippen molar-refractivity contribution in [1.29, 1.82) is 0 Å². The zero-order valence-corrected chi connectivity index (χ0v) is 16.7. The van der Waals surface area contributed by atoms with Crippen LogP contribution in [0, 0.1) is 12.7 Å². The number of hydrogen-bond donors (Lipinski definition) is 0. The molecule has 33 heavy (non-hydrogen) atoms. The molecule has 1 aliphatic heterocycles. The maximum atomic E-state index is 13.7. The van der Waals surface area contributed by atoms with E-state index >= 15 is 0 Å². The number of benzene rings is 2. The lowest BCUT2D eigenvalue weighted by molar-refractivity contribution is -0.274. The summed E-state index contributed by atoms with van der Waals surface area (Å²) in [4.78, 5) is 31.4. The molecule has 2 aromatic heterocycles. The van der Waals surface area contributed by atoms with Crippen molar-refractivity contribution in [3.63, 3.8) is 0 Å². The van der Waals surface area contributed by atoms with Gasteiger partial charge in [0, 0.05) is 6.20 Å². The molecule has 0 aliphatic carbocycles. The van der Waals surface area contributed by atoms with Crippen molar-refractivity contribution in [3.05, 3.63) is 77.4 Å². The number of halogens is 4. The average molecular weight is 456 g/mol. The van der Waals surface area contributed by atoms with Gasteiger partial charge < -0.3 is 4.74 Å². The minimum atomic E-state index is -4.87. The number of carbonyl (C=O) groups is 2. The predicted molar refractivity (Wildman–Crippen MR) is 108 cm³/mol. The maximum absolute atomic E-state index is 13.7. The second-order valence-corrected chi connectivity index (χ2v) is 7.21. The van der Waals surface area contributed by atoms with Gasteiger partial charge in [-0.15, -0.1) is 13.2 Å². The second-order valence-electron chi connectivity index (χ2n) is 7.21. The lowest BCUT2D eigenvalue weighted by atomic mass is 10.1. The molecule has 11 heteroatoms. The fourth-order valence-electron chi connectivity index (χ4n) is 3.78. The van der Waals surface area contributed by atoms with Gasteiger partial charge in [-0.3, -0.25) is 9.59 Å². The van der Waals surface area contributed by atoms with E-state index in [0.717, 1.165) is 17.0 Å². The lowest BCUT2D eigenvalue weighted by Gasteiger charge is -2.15. The van der Waals surface area contributed by atoms with E-state index in [-0.39, 0.29) is 22.5 Å². The highest BCUT2D eigenvalue weighted by Gasteiger charge is 2.40. The molecule has 0 radical (unpaired) electrons. The SMILES string of the molecule is Cc1nn(-c2cccc(F)c2)c2ncc3c(c12)C(=O)N(c1ccc(OC(F)(F)F)cc1)C3=O. The topological polar surface area (TPSA) is 77.3 Å². The standard InChI is InChI=1S/C22H12F4N4O3/c1-11-17-18-16(10-27-19(17)30(28-11)14-4-2-3-12(23)9-14)20(31)29(21(18)32)13-5-7-15(8-6-13)33-22(24,25)26/h2-10H,1H3. The maximum Gasteiger partial charge on any atom is 0.573 e. The smallest absolute Gasteiger partial charge is 0.406 e. The van der Waals surface area contributed by atoms with Gasteiger partial charge in [0.15, 0.2) is 5.65 Å². The van der Waals surface area contributed by atoms with Gasteiger partial charge in [0.05, 0.1) is 33.6 Å². The Morgan fingerprint density at radius 1 is 0.970 bits per heavy atom. The van der Waals surface area contributed by atoms with Gasteiger partial charge >= 0.3 is 6.36 Å². The third-order valence-corrected chi connectivity index (χ3v) is 5.10. The summed E-state index contributed by atoms with van der Waals surface area (Å²) >= 11 is 0. The Hall–Kier alpha value is -4.28. The van der Waals surface area contributed by atoms with Crippen molar-refractivity contribution >= 4 is 28.5 Å². The van der Waals surface area contributed by atoms with Crippen LogP contribution in [0.1, 0.15) is 26.4 Å². The number of rotatable bonds is 3. The Bertz CT molecular complexity index is 1440. The zero-order chi connectivity index (χ0) is 23.5. The van der Waals surface area contributed by atoms with Gasteiger partial charge in [0.2, 0.25) is 0 Å². The number of aryl methyl sites for hydroxylation is 1. The summed E-state index contributed by atoms with van der Waals surface area (Å²) in [6.45, 7) is 1.63. The van der Waals surface area contributed by atoms with Crippen molar-refractivity contribution < 1.29 is 31.9 Å². The van der Waals surface area contributed by atoms with E-state index in [4.69, 9.17) is 0 Å². The number of alkyl halides is 3. The Morgan fingerprint density at radius 2 is 1.70 bits per heavy atom. The Labute approximate surface area is 182 Å². The van der Waals surface area contributed by atoms with Gasteiger partial charge in [0.25, 0.3) is 11.8 Å². The van der Waals surface area contributed by atoms with E-state index in [1.165, 1.54) is 41.2 Å². The first-order chi connectivity index (χ1) is 15.6. The number of amides is 2.